The zero-order valence-electron chi connectivity index (χ0n) is 23.5. The molecule has 0 bridgehead atoms. The fraction of sp³-hybridized carbons (Fsp3) is 0.344. The normalized spacial score (nSPS) is 21.3. The zero-order chi connectivity index (χ0) is 28.7. The molecular formula is C32H34FN5O2. The number of aromatic nitrogens is 2. The van der Waals surface area contributed by atoms with Gasteiger partial charge in [-0.15, -0.1) is 0 Å². The highest BCUT2D eigenvalue weighted by atomic mass is 19.1. The van der Waals surface area contributed by atoms with Crippen LogP contribution >= 0.6 is 0 Å². The topological polar surface area (TPSA) is 87.5 Å². The Morgan fingerprint density at radius 3 is 2.60 bits per heavy atom. The summed E-state index contributed by atoms with van der Waals surface area (Å²) in [5.74, 6) is 0.498. The molecule has 3 aliphatic rings. The van der Waals surface area contributed by atoms with Crippen LogP contribution < -0.4 is 5.32 Å². The molecule has 0 fully saturated rings. The third-order valence-electron chi connectivity index (χ3n) is 7.57. The van der Waals surface area contributed by atoms with Gasteiger partial charge in [-0.3, -0.25) is 19.6 Å². The predicted molar refractivity (Wildman–Crippen MR) is 154 cm³/mol. The maximum Gasteiger partial charge on any atom is 0.270 e. The molecule has 4 heterocycles. The van der Waals surface area contributed by atoms with Crippen LogP contribution in [-0.4, -0.2) is 45.1 Å². The quantitative estimate of drug-likeness (QED) is 0.490. The maximum atomic E-state index is 12.8. The van der Waals surface area contributed by atoms with E-state index in [4.69, 9.17) is 0 Å². The lowest BCUT2D eigenvalue weighted by atomic mass is 9.80. The van der Waals surface area contributed by atoms with E-state index < -0.39 is 5.41 Å². The van der Waals surface area contributed by atoms with Crippen molar-refractivity contribution < 1.29 is 14.0 Å². The van der Waals surface area contributed by atoms with E-state index in [0.717, 1.165) is 27.9 Å². The van der Waals surface area contributed by atoms with Crippen molar-refractivity contribution in [3.8, 4) is 0 Å². The van der Waals surface area contributed by atoms with Crippen molar-refractivity contribution in [3.05, 3.63) is 94.7 Å². The van der Waals surface area contributed by atoms with Crippen LogP contribution in [0.25, 0.3) is 6.08 Å². The number of hydrogen-bond acceptors (Lipinski definition) is 5. The number of anilines is 1. The third-order valence-corrected chi connectivity index (χ3v) is 7.57. The van der Waals surface area contributed by atoms with Crippen molar-refractivity contribution in [2.45, 2.75) is 59.0 Å². The molecular weight excluding hydrogens is 505 g/mol. The fourth-order valence-electron chi connectivity index (χ4n) is 5.50. The minimum atomic E-state index is -0.612. The summed E-state index contributed by atoms with van der Waals surface area (Å²) in [6, 6.07) is 12.5. The number of halogens is 1. The van der Waals surface area contributed by atoms with Crippen molar-refractivity contribution in [2.75, 3.05) is 11.9 Å². The van der Waals surface area contributed by atoms with Crippen molar-refractivity contribution in [1.29, 1.82) is 0 Å². The van der Waals surface area contributed by atoms with E-state index in [-0.39, 0.29) is 29.2 Å². The molecule has 206 valence electrons. The molecule has 8 heteroatoms. The molecule has 0 saturated heterocycles. The van der Waals surface area contributed by atoms with Crippen LogP contribution in [0.1, 0.15) is 55.6 Å². The number of carbonyl (C=O) groups is 2. The van der Waals surface area contributed by atoms with Crippen molar-refractivity contribution in [1.82, 2.24) is 14.9 Å². The maximum absolute atomic E-state index is 12.8. The lowest BCUT2D eigenvalue weighted by Gasteiger charge is -2.21. The van der Waals surface area contributed by atoms with Gasteiger partial charge in [-0.05, 0) is 61.2 Å². The average molecular weight is 540 g/mol. The molecule has 0 saturated carbocycles. The van der Waals surface area contributed by atoms with Crippen LogP contribution in [0.3, 0.4) is 0 Å². The van der Waals surface area contributed by atoms with E-state index in [2.05, 4.69) is 26.3 Å². The van der Waals surface area contributed by atoms with Gasteiger partial charge in [0.1, 0.15) is 23.5 Å². The summed E-state index contributed by atoms with van der Waals surface area (Å²) < 4.78 is 12.2. The first-order chi connectivity index (χ1) is 19.0. The number of carbonyl (C=O) groups excluding carboxylic acids is 2. The lowest BCUT2D eigenvalue weighted by molar-refractivity contribution is -0.124. The van der Waals surface area contributed by atoms with Crippen molar-refractivity contribution in [3.63, 3.8) is 0 Å². The molecule has 0 radical (unpaired) electrons. The number of pyridine rings is 2. The first kappa shape index (κ1) is 27.4. The molecule has 2 amide bonds. The number of aryl methyl sites for hydroxylation is 1. The fourth-order valence-corrected chi connectivity index (χ4v) is 5.50. The summed E-state index contributed by atoms with van der Waals surface area (Å²) in [5.41, 5.74) is 4.68. The number of hydrogen-bond donors (Lipinski definition) is 1. The van der Waals surface area contributed by atoms with Crippen molar-refractivity contribution >= 4 is 29.4 Å². The number of rotatable bonds is 3. The number of fused-ring (bicyclic) bond motifs is 3. The second-order valence-corrected chi connectivity index (χ2v) is 11.7. The van der Waals surface area contributed by atoms with Crippen LogP contribution in [0.2, 0.25) is 0 Å². The smallest absolute Gasteiger partial charge is 0.270 e. The van der Waals surface area contributed by atoms with E-state index in [1.165, 1.54) is 12.1 Å². The number of benzene rings is 1. The van der Waals surface area contributed by atoms with Gasteiger partial charge in [0, 0.05) is 42.0 Å². The molecule has 1 spiro atoms. The second-order valence-electron chi connectivity index (χ2n) is 11.7. The Morgan fingerprint density at radius 1 is 1.12 bits per heavy atom. The summed E-state index contributed by atoms with van der Waals surface area (Å²) in [6.07, 6.45) is 8.53. The van der Waals surface area contributed by atoms with Crippen LogP contribution in [0, 0.1) is 18.2 Å². The molecule has 7 nitrogen and oxygen atoms in total. The molecule has 3 aromatic rings. The third kappa shape index (κ3) is 5.18. The standard InChI is InChI=1S/C25H27N5O2.C7H7F/c1-15-28-20(24(2,3)4)22(31)30(15)10-6-7-16-11-17-12-25(13-19(17)27-14-16)18-8-5-9-26-21(18)29-23(25)32;1-6-3-2-4-7(8)5-6/h5-9,11,14-15H,10,12-13H2,1-4H3,(H,26,29,32);2-5H,1H3/b7-6+;/t15-,25-;/m0./s1. The van der Waals surface area contributed by atoms with Gasteiger partial charge >= 0.3 is 0 Å². The molecule has 6 rings (SSSR count). The Balaban J connectivity index is 0.000000348. The molecule has 2 atom stereocenters. The Morgan fingerprint density at radius 2 is 1.93 bits per heavy atom. The van der Waals surface area contributed by atoms with E-state index in [1.807, 2.05) is 71.2 Å². The van der Waals surface area contributed by atoms with Gasteiger partial charge in [0.15, 0.2) is 0 Å². The largest absolute Gasteiger partial charge is 0.312 e. The Labute approximate surface area is 234 Å². The molecule has 1 aliphatic carbocycles. The molecule has 2 aromatic heterocycles. The first-order valence-electron chi connectivity index (χ1n) is 13.5. The molecule has 1 aromatic carbocycles. The van der Waals surface area contributed by atoms with Crippen LogP contribution in [0.5, 0.6) is 0 Å². The minimum Gasteiger partial charge on any atom is -0.312 e. The molecule has 1 N–H and O–H groups in total. The predicted octanol–water partition coefficient (Wildman–Crippen LogP) is 5.29. The highest BCUT2D eigenvalue weighted by molar-refractivity contribution is 6.41. The van der Waals surface area contributed by atoms with Crippen LogP contribution in [-0.2, 0) is 27.8 Å². The molecule has 0 unspecified atom stereocenters. The van der Waals surface area contributed by atoms with Gasteiger partial charge in [0.2, 0.25) is 5.91 Å². The van der Waals surface area contributed by atoms with E-state index in [1.54, 1.807) is 17.2 Å². The Hall–Kier alpha value is -4.20. The number of aliphatic imine (C=N–C) groups is 1. The SMILES string of the molecule is C[C@H]1N=C(C(C)(C)C)C(=O)N1C/C=C/c1cnc2c(c1)C[C@@]1(C2)C(=O)Nc2ncccc21.Cc1cccc(F)c1. The summed E-state index contributed by atoms with van der Waals surface area (Å²) in [5, 5.41) is 2.93. The molecule has 2 aliphatic heterocycles. The van der Waals surface area contributed by atoms with Gasteiger partial charge in [-0.1, -0.05) is 51.1 Å². The first-order valence-corrected chi connectivity index (χ1v) is 13.5. The summed E-state index contributed by atoms with van der Waals surface area (Å²) in [6.45, 7) is 10.3. The zero-order valence-corrected chi connectivity index (χ0v) is 23.5. The van der Waals surface area contributed by atoms with Crippen LogP contribution in [0.15, 0.2) is 65.9 Å². The lowest BCUT2D eigenvalue weighted by Crippen LogP contribution is -2.38. The summed E-state index contributed by atoms with van der Waals surface area (Å²) in [4.78, 5) is 40.9. The van der Waals surface area contributed by atoms with Crippen LogP contribution in [0.4, 0.5) is 10.2 Å². The highest BCUT2D eigenvalue weighted by Gasteiger charge is 2.51. The minimum absolute atomic E-state index is 0.00234. The van der Waals surface area contributed by atoms with Gasteiger partial charge < -0.3 is 10.2 Å². The Kier molecular flexibility index (Phi) is 7.12. The highest BCUT2D eigenvalue weighted by Crippen LogP contribution is 2.46. The monoisotopic (exact) mass is 539 g/mol. The van der Waals surface area contributed by atoms with E-state index in [9.17, 15) is 14.0 Å². The second kappa shape index (κ2) is 10.4. The van der Waals surface area contributed by atoms with E-state index in [0.29, 0.717) is 30.9 Å². The molecule has 40 heavy (non-hydrogen) atoms. The Bertz CT molecular complexity index is 1520. The van der Waals surface area contributed by atoms with Gasteiger partial charge in [0.05, 0.1) is 5.41 Å². The average Bonchev–Trinajstić information content (AvgIpc) is 3.51. The van der Waals surface area contributed by atoms with Gasteiger partial charge in [-0.2, -0.15) is 0 Å². The number of nitrogens with zero attached hydrogens (tertiary/aromatic N) is 4. The number of amides is 2. The van der Waals surface area contributed by atoms with E-state index >= 15 is 0 Å². The van der Waals surface area contributed by atoms with Gasteiger partial charge in [0.25, 0.3) is 5.91 Å². The number of nitrogens with one attached hydrogen (secondary N) is 1. The summed E-state index contributed by atoms with van der Waals surface area (Å²) in [7, 11) is 0. The van der Waals surface area contributed by atoms with Crippen molar-refractivity contribution in [2.24, 2.45) is 10.4 Å². The van der Waals surface area contributed by atoms with Gasteiger partial charge in [-0.25, -0.2) is 9.37 Å². The summed E-state index contributed by atoms with van der Waals surface area (Å²) >= 11 is 0.